The number of nitrogens with zero attached hydrogens (tertiary/aromatic N) is 1. The van der Waals surface area contributed by atoms with E-state index in [-0.39, 0.29) is 11.7 Å². The minimum Gasteiger partial charge on any atom is -0.340 e. The molecular formula is C11H9FN4OS. The summed E-state index contributed by atoms with van der Waals surface area (Å²) in [6, 6.07) is 5.86. The van der Waals surface area contributed by atoms with E-state index in [1.165, 1.54) is 12.1 Å². The lowest BCUT2D eigenvalue weighted by Gasteiger charge is -2.19. The Balaban J connectivity index is 2.03. The number of halogens is 1. The van der Waals surface area contributed by atoms with Gasteiger partial charge in [-0.25, -0.2) is 9.37 Å². The van der Waals surface area contributed by atoms with Crippen LogP contribution in [0.25, 0.3) is 11.4 Å². The van der Waals surface area contributed by atoms with E-state index in [1.54, 1.807) is 12.1 Å². The third kappa shape index (κ3) is 1.82. The highest BCUT2D eigenvalue weighted by atomic mass is 32.1. The molecule has 0 aliphatic carbocycles. The average molecular weight is 264 g/mol. The van der Waals surface area contributed by atoms with Crippen LogP contribution < -0.4 is 10.6 Å². The fourth-order valence-electron chi connectivity index (χ4n) is 1.75. The molecule has 18 heavy (non-hydrogen) atoms. The number of benzene rings is 1. The molecule has 5 nitrogen and oxygen atoms in total. The molecule has 0 spiro atoms. The number of amides is 1. The number of carbonyl (C=O) groups excluding carboxylic acids is 1. The quantitative estimate of drug-likeness (QED) is 0.591. The smallest absolute Gasteiger partial charge is 0.273 e. The number of carbonyl (C=O) groups is 1. The summed E-state index contributed by atoms with van der Waals surface area (Å²) in [6.45, 7) is 0. The highest BCUT2D eigenvalue weighted by molar-refractivity contribution is 7.81. The molecule has 1 aliphatic rings. The van der Waals surface area contributed by atoms with Gasteiger partial charge in [0.15, 0.2) is 5.82 Å². The first kappa shape index (κ1) is 11.1. The van der Waals surface area contributed by atoms with Gasteiger partial charge in [0.25, 0.3) is 5.91 Å². The van der Waals surface area contributed by atoms with Crippen LogP contribution in [0.5, 0.6) is 0 Å². The second-order valence-corrected chi connectivity index (χ2v) is 4.35. The molecule has 7 heteroatoms. The molecule has 0 saturated carbocycles. The maximum absolute atomic E-state index is 12.8. The third-order valence-corrected chi connectivity index (χ3v) is 2.85. The number of thiol groups is 1. The molecule has 2 aromatic rings. The molecule has 1 aliphatic heterocycles. The molecule has 0 saturated heterocycles. The van der Waals surface area contributed by atoms with Gasteiger partial charge in [-0.3, -0.25) is 4.79 Å². The van der Waals surface area contributed by atoms with E-state index in [2.05, 4.69) is 33.2 Å². The van der Waals surface area contributed by atoms with E-state index >= 15 is 0 Å². The maximum Gasteiger partial charge on any atom is 0.273 e. The van der Waals surface area contributed by atoms with Gasteiger partial charge in [0.2, 0.25) is 0 Å². The zero-order valence-corrected chi connectivity index (χ0v) is 9.96. The Morgan fingerprint density at radius 1 is 1.22 bits per heavy atom. The van der Waals surface area contributed by atoms with E-state index in [1.807, 2.05) is 0 Å². The average Bonchev–Trinajstić information content (AvgIpc) is 2.74. The predicted octanol–water partition coefficient (Wildman–Crippen LogP) is 1.58. The molecule has 1 unspecified atom stereocenters. The van der Waals surface area contributed by atoms with Crippen molar-refractivity contribution < 1.29 is 9.18 Å². The summed E-state index contributed by atoms with van der Waals surface area (Å²) in [4.78, 5) is 18.8. The normalized spacial score (nSPS) is 17.9. The molecule has 1 amide bonds. The van der Waals surface area contributed by atoms with Crippen LogP contribution >= 0.6 is 12.6 Å². The standard InChI is InChI=1S/C11H9FN4OS/c12-6-3-1-5(2-4-6)8-13-7-9(14-8)15-11(18)16-10(7)17/h1-4,11,15,18H,(H,13,14)(H,16,17). The van der Waals surface area contributed by atoms with Gasteiger partial charge in [-0.1, -0.05) is 0 Å². The third-order valence-electron chi connectivity index (χ3n) is 2.59. The maximum atomic E-state index is 12.8. The van der Waals surface area contributed by atoms with Gasteiger partial charge < -0.3 is 15.6 Å². The van der Waals surface area contributed by atoms with E-state index in [0.717, 1.165) is 0 Å². The first-order valence-corrected chi connectivity index (χ1v) is 5.76. The summed E-state index contributed by atoms with van der Waals surface area (Å²) in [5.74, 6) is 0.356. The number of aromatic nitrogens is 2. The number of aromatic amines is 1. The number of hydrogen-bond acceptors (Lipinski definition) is 4. The van der Waals surface area contributed by atoms with Gasteiger partial charge in [0.1, 0.15) is 22.8 Å². The van der Waals surface area contributed by atoms with E-state index in [0.29, 0.717) is 22.9 Å². The van der Waals surface area contributed by atoms with Crippen molar-refractivity contribution in [3.8, 4) is 11.4 Å². The predicted molar refractivity (Wildman–Crippen MR) is 67.8 cm³/mol. The Morgan fingerprint density at radius 3 is 2.67 bits per heavy atom. The summed E-state index contributed by atoms with van der Waals surface area (Å²) in [7, 11) is 0. The first-order valence-electron chi connectivity index (χ1n) is 5.25. The van der Waals surface area contributed by atoms with Crippen molar-refractivity contribution >= 4 is 24.4 Å². The summed E-state index contributed by atoms with van der Waals surface area (Å²) >= 11 is 4.11. The van der Waals surface area contributed by atoms with Crippen LogP contribution in [-0.4, -0.2) is 21.4 Å². The molecule has 92 valence electrons. The van der Waals surface area contributed by atoms with Crippen LogP contribution in [-0.2, 0) is 0 Å². The van der Waals surface area contributed by atoms with E-state index in [9.17, 15) is 9.18 Å². The van der Waals surface area contributed by atoms with Crippen molar-refractivity contribution in [3.63, 3.8) is 0 Å². The summed E-state index contributed by atoms with van der Waals surface area (Å²) in [6.07, 6.45) is 0. The van der Waals surface area contributed by atoms with Crippen LogP contribution in [0.1, 0.15) is 10.5 Å². The van der Waals surface area contributed by atoms with Gasteiger partial charge in [0, 0.05) is 5.56 Å². The van der Waals surface area contributed by atoms with Crippen molar-refractivity contribution in [2.45, 2.75) is 5.50 Å². The van der Waals surface area contributed by atoms with Crippen LogP contribution in [0.4, 0.5) is 10.2 Å². The number of fused-ring (bicyclic) bond motifs is 1. The second kappa shape index (κ2) is 4.02. The summed E-state index contributed by atoms with van der Waals surface area (Å²) in [5, 5.41) is 5.50. The van der Waals surface area contributed by atoms with E-state index < -0.39 is 5.50 Å². The van der Waals surface area contributed by atoms with Crippen LogP contribution in [0.3, 0.4) is 0 Å². The molecule has 2 heterocycles. The second-order valence-electron chi connectivity index (χ2n) is 3.84. The topological polar surface area (TPSA) is 69.8 Å². The fraction of sp³-hybridized carbons (Fsp3) is 0.0909. The lowest BCUT2D eigenvalue weighted by Crippen LogP contribution is -2.41. The summed E-state index contributed by atoms with van der Waals surface area (Å²) < 4.78 is 12.8. The largest absolute Gasteiger partial charge is 0.340 e. The van der Waals surface area contributed by atoms with Crippen LogP contribution in [0.15, 0.2) is 24.3 Å². The van der Waals surface area contributed by atoms with E-state index in [4.69, 9.17) is 0 Å². The molecule has 3 N–H and O–H groups in total. The number of rotatable bonds is 1. The van der Waals surface area contributed by atoms with Crippen molar-refractivity contribution in [1.29, 1.82) is 0 Å². The highest BCUT2D eigenvalue weighted by Gasteiger charge is 2.25. The fourth-order valence-corrected chi connectivity index (χ4v) is 1.99. The molecule has 0 radical (unpaired) electrons. The lowest BCUT2D eigenvalue weighted by molar-refractivity contribution is 0.0944. The van der Waals surface area contributed by atoms with Crippen molar-refractivity contribution in [2.75, 3.05) is 5.32 Å². The Bertz CT molecular complexity index is 610. The lowest BCUT2D eigenvalue weighted by atomic mass is 10.2. The molecule has 0 fully saturated rings. The number of H-pyrrole nitrogens is 1. The monoisotopic (exact) mass is 264 g/mol. The number of hydrogen-bond donors (Lipinski definition) is 4. The van der Waals surface area contributed by atoms with Crippen LogP contribution in [0, 0.1) is 5.82 Å². The molecule has 1 atom stereocenters. The van der Waals surface area contributed by atoms with Gasteiger partial charge in [-0.15, -0.1) is 12.6 Å². The summed E-state index contributed by atoms with van der Waals surface area (Å²) in [5.41, 5.74) is 0.588. The highest BCUT2D eigenvalue weighted by Crippen LogP contribution is 2.24. The SMILES string of the molecule is O=C1NC(S)Nc2nc(-c3ccc(F)cc3)[nH]c21. The Labute approximate surface area is 107 Å². The zero-order valence-electron chi connectivity index (χ0n) is 9.07. The minimum atomic E-state index is -0.464. The number of imidazole rings is 1. The number of anilines is 1. The van der Waals surface area contributed by atoms with Crippen LogP contribution in [0.2, 0.25) is 0 Å². The minimum absolute atomic E-state index is 0.274. The molecule has 1 aromatic carbocycles. The van der Waals surface area contributed by atoms with Crippen molar-refractivity contribution in [1.82, 2.24) is 15.3 Å². The zero-order chi connectivity index (χ0) is 12.7. The Morgan fingerprint density at radius 2 is 1.94 bits per heavy atom. The molecule has 1 aromatic heterocycles. The number of nitrogens with one attached hydrogen (secondary N) is 3. The Hall–Kier alpha value is -2.02. The molecule has 0 bridgehead atoms. The molecule has 3 rings (SSSR count). The van der Waals surface area contributed by atoms with Gasteiger partial charge in [-0.05, 0) is 24.3 Å². The van der Waals surface area contributed by atoms with Crippen molar-refractivity contribution in [3.05, 3.63) is 35.8 Å². The van der Waals surface area contributed by atoms with Crippen molar-refractivity contribution in [2.24, 2.45) is 0 Å². The molecular weight excluding hydrogens is 255 g/mol. The van der Waals surface area contributed by atoms with Gasteiger partial charge >= 0.3 is 0 Å². The van der Waals surface area contributed by atoms with Gasteiger partial charge in [0.05, 0.1) is 0 Å². The first-order chi connectivity index (χ1) is 8.63. The van der Waals surface area contributed by atoms with Gasteiger partial charge in [-0.2, -0.15) is 0 Å². The Kier molecular flexibility index (Phi) is 2.48.